The number of aliphatic hydroxyl groups excluding tert-OH is 1. The summed E-state index contributed by atoms with van der Waals surface area (Å²) in [5.74, 6) is 0.748. The fourth-order valence-electron chi connectivity index (χ4n) is 1.25. The quantitative estimate of drug-likeness (QED) is 0.751. The van der Waals surface area contributed by atoms with E-state index < -0.39 is 0 Å². The zero-order valence-electron chi connectivity index (χ0n) is 9.42. The molecular formula is C13H18O2. The van der Waals surface area contributed by atoms with E-state index in [-0.39, 0.29) is 6.61 Å². The first-order valence-corrected chi connectivity index (χ1v) is 5.17. The van der Waals surface area contributed by atoms with Gasteiger partial charge < -0.3 is 9.84 Å². The zero-order chi connectivity index (χ0) is 11.3. The number of benzene rings is 1. The van der Waals surface area contributed by atoms with Crippen molar-refractivity contribution in [2.75, 3.05) is 6.61 Å². The van der Waals surface area contributed by atoms with Crippen LogP contribution in [-0.2, 0) is 6.61 Å². The molecule has 0 heterocycles. The lowest BCUT2D eigenvalue weighted by Gasteiger charge is -2.11. The molecule has 0 unspecified atom stereocenters. The molecule has 0 saturated carbocycles. The molecule has 1 aromatic rings. The van der Waals surface area contributed by atoms with Gasteiger partial charge in [-0.2, -0.15) is 0 Å². The summed E-state index contributed by atoms with van der Waals surface area (Å²) in [5.41, 5.74) is 3.01. The molecule has 0 atom stereocenters. The molecule has 0 amide bonds. The molecule has 0 spiro atoms. The van der Waals surface area contributed by atoms with Gasteiger partial charge in [0.25, 0.3) is 0 Å². The van der Waals surface area contributed by atoms with Crippen molar-refractivity contribution in [1.82, 2.24) is 0 Å². The van der Waals surface area contributed by atoms with E-state index in [9.17, 15) is 0 Å². The number of ether oxygens (including phenoxy) is 1. The van der Waals surface area contributed by atoms with Crippen LogP contribution in [0.4, 0.5) is 0 Å². The molecule has 0 fully saturated rings. The average Bonchev–Trinajstić information content (AvgIpc) is 2.26. The Labute approximate surface area is 91.2 Å². The van der Waals surface area contributed by atoms with E-state index in [1.807, 2.05) is 32.0 Å². The minimum Gasteiger partial charge on any atom is -0.489 e. The molecule has 1 rings (SSSR count). The number of hydrogen-bond donors (Lipinski definition) is 1. The third-order valence-corrected chi connectivity index (χ3v) is 2.32. The maximum Gasteiger partial charge on any atom is 0.125 e. The molecule has 2 heteroatoms. The summed E-state index contributed by atoms with van der Waals surface area (Å²) in [6, 6.07) is 5.80. The highest BCUT2D eigenvalue weighted by atomic mass is 16.5. The number of aliphatic hydroxyl groups is 1. The third kappa shape index (κ3) is 3.40. The van der Waals surface area contributed by atoms with Crippen LogP contribution in [0.25, 0.3) is 0 Å². The van der Waals surface area contributed by atoms with Gasteiger partial charge in [-0.25, -0.2) is 0 Å². The van der Waals surface area contributed by atoms with Crippen molar-refractivity contribution in [3.63, 3.8) is 0 Å². The lowest BCUT2D eigenvalue weighted by molar-refractivity contribution is 0.268. The van der Waals surface area contributed by atoms with Crippen molar-refractivity contribution >= 4 is 0 Å². The number of hydrogen-bond acceptors (Lipinski definition) is 2. The van der Waals surface area contributed by atoms with Gasteiger partial charge in [-0.05, 0) is 25.0 Å². The van der Waals surface area contributed by atoms with Crippen molar-refractivity contribution in [3.05, 3.63) is 41.5 Å². The Balaban J connectivity index is 2.72. The molecule has 2 nitrogen and oxygen atoms in total. The molecule has 0 aliphatic rings. The normalized spacial score (nSPS) is 10.1. The summed E-state index contributed by atoms with van der Waals surface area (Å²) in [7, 11) is 0. The fourth-order valence-corrected chi connectivity index (χ4v) is 1.25. The highest BCUT2D eigenvalue weighted by Gasteiger charge is 2.03. The van der Waals surface area contributed by atoms with E-state index in [0.717, 1.165) is 28.9 Å². The van der Waals surface area contributed by atoms with Crippen LogP contribution in [0.15, 0.2) is 30.4 Å². The Hall–Kier alpha value is -1.28. The lowest BCUT2D eigenvalue weighted by atomic mass is 10.1. The molecule has 1 aromatic carbocycles. The van der Waals surface area contributed by atoms with Gasteiger partial charge in [-0.3, -0.25) is 0 Å². The highest BCUT2D eigenvalue weighted by Crippen LogP contribution is 2.20. The molecular weight excluding hydrogens is 188 g/mol. The molecule has 1 N–H and O–H groups in total. The summed E-state index contributed by atoms with van der Waals surface area (Å²) in [4.78, 5) is 0. The van der Waals surface area contributed by atoms with Crippen molar-refractivity contribution < 1.29 is 9.84 Å². The summed E-state index contributed by atoms with van der Waals surface area (Å²) >= 11 is 0. The third-order valence-electron chi connectivity index (χ3n) is 2.32. The van der Waals surface area contributed by atoms with Gasteiger partial charge >= 0.3 is 0 Å². The largest absolute Gasteiger partial charge is 0.489 e. The standard InChI is InChI=1S/C13H18O2/c1-4-10(2)9-15-13-6-5-11(3)7-12(13)8-14/h5-7,14H,2,4,8-9H2,1,3H3. The summed E-state index contributed by atoms with van der Waals surface area (Å²) < 4.78 is 5.58. The van der Waals surface area contributed by atoms with Crippen LogP contribution in [0.1, 0.15) is 24.5 Å². The van der Waals surface area contributed by atoms with E-state index in [1.165, 1.54) is 0 Å². The minimum atomic E-state index is 0.00954. The first-order valence-electron chi connectivity index (χ1n) is 5.17. The summed E-state index contributed by atoms with van der Waals surface area (Å²) in [6.45, 7) is 8.45. The average molecular weight is 206 g/mol. The van der Waals surface area contributed by atoms with Crippen LogP contribution >= 0.6 is 0 Å². The van der Waals surface area contributed by atoms with E-state index in [2.05, 4.69) is 6.58 Å². The SMILES string of the molecule is C=C(CC)COc1ccc(C)cc1CO. The first-order chi connectivity index (χ1) is 7.17. The molecule has 0 aliphatic carbocycles. The van der Waals surface area contributed by atoms with E-state index in [0.29, 0.717) is 6.61 Å². The Bertz CT molecular complexity index is 342. The highest BCUT2D eigenvalue weighted by molar-refractivity contribution is 5.36. The predicted octanol–water partition coefficient (Wildman–Crippen LogP) is 2.83. The number of aryl methyl sites for hydroxylation is 1. The fraction of sp³-hybridized carbons (Fsp3) is 0.385. The molecule has 15 heavy (non-hydrogen) atoms. The predicted molar refractivity (Wildman–Crippen MR) is 62.0 cm³/mol. The Morgan fingerprint density at radius 1 is 1.47 bits per heavy atom. The van der Waals surface area contributed by atoms with Gasteiger partial charge in [0, 0.05) is 5.56 Å². The zero-order valence-corrected chi connectivity index (χ0v) is 9.42. The molecule has 0 saturated heterocycles. The van der Waals surface area contributed by atoms with Gasteiger partial charge in [-0.15, -0.1) is 0 Å². The Kier molecular flexibility index (Phi) is 4.37. The summed E-state index contributed by atoms with van der Waals surface area (Å²) in [6.07, 6.45) is 0.917. The van der Waals surface area contributed by atoms with Crippen molar-refractivity contribution in [2.45, 2.75) is 26.9 Å². The van der Waals surface area contributed by atoms with Gasteiger partial charge in [-0.1, -0.05) is 31.2 Å². The molecule has 82 valence electrons. The molecule has 0 bridgehead atoms. The van der Waals surface area contributed by atoms with Crippen molar-refractivity contribution in [2.24, 2.45) is 0 Å². The summed E-state index contributed by atoms with van der Waals surface area (Å²) in [5, 5.41) is 9.16. The van der Waals surface area contributed by atoms with Crippen LogP contribution in [0.2, 0.25) is 0 Å². The first kappa shape index (κ1) is 11.8. The van der Waals surface area contributed by atoms with Crippen LogP contribution in [-0.4, -0.2) is 11.7 Å². The van der Waals surface area contributed by atoms with Gasteiger partial charge in [0.2, 0.25) is 0 Å². The molecule has 0 aliphatic heterocycles. The van der Waals surface area contributed by atoms with Crippen LogP contribution in [0.5, 0.6) is 5.75 Å². The second-order valence-electron chi connectivity index (χ2n) is 3.66. The van der Waals surface area contributed by atoms with Crippen molar-refractivity contribution in [3.8, 4) is 5.75 Å². The van der Waals surface area contributed by atoms with E-state index in [4.69, 9.17) is 9.84 Å². The lowest BCUT2D eigenvalue weighted by Crippen LogP contribution is -2.02. The van der Waals surface area contributed by atoms with Gasteiger partial charge in [0.1, 0.15) is 12.4 Å². The van der Waals surface area contributed by atoms with Crippen LogP contribution < -0.4 is 4.74 Å². The molecule has 0 aromatic heterocycles. The van der Waals surface area contributed by atoms with E-state index in [1.54, 1.807) is 0 Å². The topological polar surface area (TPSA) is 29.5 Å². The second-order valence-corrected chi connectivity index (χ2v) is 3.66. The number of rotatable bonds is 5. The Morgan fingerprint density at radius 3 is 2.80 bits per heavy atom. The van der Waals surface area contributed by atoms with Crippen LogP contribution in [0.3, 0.4) is 0 Å². The van der Waals surface area contributed by atoms with Gasteiger partial charge in [0.15, 0.2) is 0 Å². The molecule has 0 radical (unpaired) electrons. The maximum absolute atomic E-state index is 9.16. The van der Waals surface area contributed by atoms with Crippen molar-refractivity contribution in [1.29, 1.82) is 0 Å². The minimum absolute atomic E-state index is 0.00954. The van der Waals surface area contributed by atoms with Gasteiger partial charge in [0.05, 0.1) is 6.61 Å². The monoisotopic (exact) mass is 206 g/mol. The second kappa shape index (κ2) is 5.56. The smallest absolute Gasteiger partial charge is 0.125 e. The van der Waals surface area contributed by atoms with E-state index >= 15 is 0 Å². The Morgan fingerprint density at radius 2 is 2.20 bits per heavy atom. The van der Waals surface area contributed by atoms with Crippen LogP contribution in [0, 0.1) is 6.92 Å². The maximum atomic E-state index is 9.16.